The molecule has 0 fully saturated rings. The van der Waals surface area contributed by atoms with E-state index in [9.17, 15) is 9.59 Å². The fourth-order valence-electron chi connectivity index (χ4n) is 2.90. The van der Waals surface area contributed by atoms with Crippen LogP contribution in [-0.2, 0) is 16.1 Å². The van der Waals surface area contributed by atoms with Crippen molar-refractivity contribution in [2.75, 3.05) is 31.7 Å². The predicted molar refractivity (Wildman–Crippen MR) is 116 cm³/mol. The van der Waals surface area contributed by atoms with Gasteiger partial charge in [0.1, 0.15) is 0 Å². The van der Waals surface area contributed by atoms with Gasteiger partial charge >= 0.3 is 0 Å². The Bertz CT molecular complexity index is 782. The van der Waals surface area contributed by atoms with Crippen molar-refractivity contribution in [3.8, 4) is 0 Å². The van der Waals surface area contributed by atoms with Crippen LogP contribution in [0.4, 0.5) is 5.69 Å². The molecule has 1 N–H and O–H groups in total. The zero-order chi connectivity index (χ0) is 20.5. The van der Waals surface area contributed by atoms with Gasteiger partial charge in [-0.1, -0.05) is 42.5 Å². The van der Waals surface area contributed by atoms with Crippen molar-refractivity contribution in [3.05, 3.63) is 60.2 Å². The Morgan fingerprint density at radius 2 is 1.71 bits per heavy atom. The standard InChI is InChI=1S/C22H29N3O2S/c1-5-25(15-18-11-7-6-8-12-18)22(27)17(2)24(3)16-21(26)23-19-13-9-10-14-20(19)28-4/h6-14,17H,5,15-16H2,1-4H3,(H,23,26)/t17-/m0/s1. The lowest BCUT2D eigenvalue weighted by Gasteiger charge is -2.29. The summed E-state index contributed by atoms with van der Waals surface area (Å²) in [4.78, 5) is 30.0. The average molecular weight is 400 g/mol. The van der Waals surface area contributed by atoms with Gasteiger partial charge in [-0.05, 0) is 44.8 Å². The summed E-state index contributed by atoms with van der Waals surface area (Å²) in [6.45, 7) is 5.16. The third kappa shape index (κ3) is 6.11. The van der Waals surface area contributed by atoms with E-state index >= 15 is 0 Å². The van der Waals surface area contributed by atoms with E-state index in [2.05, 4.69) is 5.32 Å². The molecule has 0 aromatic heterocycles. The van der Waals surface area contributed by atoms with Crippen molar-refractivity contribution < 1.29 is 9.59 Å². The second-order valence-corrected chi connectivity index (χ2v) is 7.53. The highest BCUT2D eigenvalue weighted by atomic mass is 32.2. The van der Waals surface area contributed by atoms with Crippen LogP contribution in [0.2, 0.25) is 0 Å². The Kier molecular flexibility index (Phi) is 8.54. The molecule has 0 radical (unpaired) electrons. The topological polar surface area (TPSA) is 52.7 Å². The molecule has 0 saturated heterocycles. The van der Waals surface area contributed by atoms with Gasteiger partial charge in [-0.2, -0.15) is 0 Å². The molecule has 1 atom stereocenters. The van der Waals surface area contributed by atoms with Crippen LogP contribution in [0.5, 0.6) is 0 Å². The molecule has 0 aliphatic carbocycles. The first kappa shape index (κ1) is 22.0. The fraction of sp³-hybridized carbons (Fsp3) is 0.364. The van der Waals surface area contributed by atoms with Gasteiger partial charge in [-0.25, -0.2) is 0 Å². The molecule has 0 aliphatic rings. The predicted octanol–water partition coefficient (Wildman–Crippen LogP) is 3.72. The molecule has 28 heavy (non-hydrogen) atoms. The summed E-state index contributed by atoms with van der Waals surface area (Å²) in [5, 5.41) is 2.94. The normalized spacial score (nSPS) is 11.9. The summed E-state index contributed by atoms with van der Waals surface area (Å²) in [6.07, 6.45) is 1.98. The smallest absolute Gasteiger partial charge is 0.239 e. The molecule has 2 aromatic carbocycles. The minimum Gasteiger partial charge on any atom is -0.337 e. The summed E-state index contributed by atoms with van der Waals surface area (Å²) in [6, 6.07) is 17.3. The van der Waals surface area contributed by atoms with Crippen molar-refractivity contribution in [1.82, 2.24) is 9.80 Å². The molecule has 0 heterocycles. The maximum absolute atomic E-state index is 12.9. The average Bonchev–Trinajstić information content (AvgIpc) is 2.71. The molecule has 0 unspecified atom stereocenters. The van der Waals surface area contributed by atoms with E-state index in [1.165, 1.54) is 0 Å². The lowest BCUT2D eigenvalue weighted by Crippen LogP contribution is -2.47. The number of benzene rings is 2. The number of hydrogen-bond acceptors (Lipinski definition) is 4. The lowest BCUT2D eigenvalue weighted by molar-refractivity contribution is -0.136. The second kappa shape index (κ2) is 10.9. The molecule has 0 aliphatic heterocycles. The first-order valence-corrected chi connectivity index (χ1v) is 10.6. The van der Waals surface area contributed by atoms with E-state index in [0.29, 0.717) is 13.1 Å². The number of hydrogen-bond donors (Lipinski definition) is 1. The number of nitrogens with one attached hydrogen (secondary N) is 1. The molecular weight excluding hydrogens is 370 g/mol. The SMILES string of the molecule is CCN(Cc1ccccc1)C(=O)[C@H](C)N(C)CC(=O)Nc1ccccc1SC. The number of nitrogens with zero attached hydrogens (tertiary/aromatic N) is 2. The highest BCUT2D eigenvalue weighted by molar-refractivity contribution is 7.98. The first-order chi connectivity index (χ1) is 13.5. The number of amides is 2. The van der Waals surface area contributed by atoms with Gasteiger partial charge in [0.2, 0.25) is 11.8 Å². The summed E-state index contributed by atoms with van der Waals surface area (Å²) >= 11 is 1.59. The maximum Gasteiger partial charge on any atom is 0.239 e. The molecule has 2 rings (SSSR count). The molecule has 0 bridgehead atoms. The van der Waals surface area contributed by atoms with Crippen molar-refractivity contribution in [2.45, 2.75) is 31.3 Å². The number of carbonyl (C=O) groups is 2. The van der Waals surface area contributed by atoms with Gasteiger partial charge in [0.05, 0.1) is 18.3 Å². The largest absolute Gasteiger partial charge is 0.337 e. The maximum atomic E-state index is 12.9. The quantitative estimate of drug-likeness (QED) is 0.653. The molecule has 2 amide bonds. The highest BCUT2D eigenvalue weighted by Crippen LogP contribution is 2.24. The number of anilines is 1. The van der Waals surface area contributed by atoms with Gasteiger partial charge in [0.25, 0.3) is 0 Å². The van der Waals surface area contributed by atoms with Crippen LogP contribution < -0.4 is 5.32 Å². The van der Waals surface area contributed by atoms with E-state index in [1.807, 2.05) is 79.6 Å². The minimum atomic E-state index is -0.384. The van der Waals surface area contributed by atoms with Crippen LogP contribution in [0.25, 0.3) is 0 Å². The third-order valence-corrected chi connectivity index (χ3v) is 5.50. The highest BCUT2D eigenvalue weighted by Gasteiger charge is 2.24. The van der Waals surface area contributed by atoms with Gasteiger partial charge in [-0.15, -0.1) is 11.8 Å². The van der Waals surface area contributed by atoms with Crippen molar-refractivity contribution in [2.24, 2.45) is 0 Å². The van der Waals surface area contributed by atoms with Crippen LogP contribution in [0.1, 0.15) is 19.4 Å². The summed E-state index contributed by atoms with van der Waals surface area (Å²) < 4.78 is 0. The van der Waals surface area contributed by atoms with Crippen molar-refractivity contribution in [3.63, 3.8) is 0 Å². The Hall–Kier alpha value is -2.31. The zero-order valence-electron chi connectivity index (χ0n) is 17.0. The Labute approximate surface area is 172 Å². The van der Waals surface area contributed by atoms with Gasteiger partial charge in [-0.3, -0.25) is 14.5 Å². The van der Waals surface area contributed by atoms with Crippen molar-refractivity contribution in [1.29, 1.82) is 0 Å². The molecule has 0 spiro atoms. The molecule has 6 heteroatoms. The lowest BCUT2D eigenvalue weighted by atomic mass is 10.2. The number of thioether (sulfide) groups is 1. The van der Waals surface area contributed by atoms with Crippen LogP contribution in [0.3, 0.4) is 0 Å². The monoisotopic (exact) mass is 399 g/mol. The van der Waals surface area contributed by atoms with Crippen molar-refractivity contribution >= 4 is 29.3 Å². The molecule has 2 aromatic rings. The summed E-state index contributed by atoms with van der Waals surface area (Å²) in [7, 11) is 1.80. The van der Waals surface area contributed by atoms with Crippen LogP contribution >= 0.6 is 11.8 Å². The van der Waals surface area contributed by atoms with Crippen LogP contribution in [-0.4, -0.2) is 54.0 Å². The minimum absolute atomic E-state index is 0.0196. The van der Waals surface area contributed by atoms with E-state index in [4.69, 9.17) is 0 Å². The number of rotatable bonds is 9. The van der Waals surface area contributed by atoms with E-state index < -0.39 is 0 Å². The summed E-state index contributed by atoms with van der Waals surface area (Å²) in [5.41, 5.74) is 1.89. The second-order valence-electron chi connectivity index (χ2n) is 6.68. The fourth-order valence-corrected chi connectivity index (χ4v) is 3.46. The summed E-state index contributed by atoms with van der Waals surface area (Å²) in [5.74, 6) is -0.110. The number of carbonyl (C=O) groups excluding carboxylic acids is 2. The Morgan fingerprint density at radius 3 is 2.36 bits per heavy atom. The van der Waals surface area contributed by atoms with E-state index in [1.54, 1.807) is 23.7 Å². The van der Waals surface area contributed by atoms with Gasteiger partial charge < -0.3 is 10.2 Å². The van der Waals surface area contributed by atoms with E-state index in [-0.39, 0.29) is 24.4 Å². The first-order valence-electron chi connectivity index (χ1n) is 9.42. The van der Waals surface area contributed by atoms with Gasteiger partial charge in [0.15, 0.2) is 0 Å². The third-order valence-electron chi connectivity index (χ3n) is 4.70. The van der Waals surface area contributed by atoms with Crippen LogP contribution in [0.15, 0.2) is 59.5 Å². The molecule has 5 nitrogen and oxygen atoms in total. The molecule has 0 saturated carbocycles. The zero-order valence-corrected chi connectivity index (χ0v) is 17.8. The number of para-hydroxylation sites is 1. The van der Waals surface area contributed by atoms with Gasteiger partial charge in [0, 0.05) is 18.0 Å². The molecular formula is C22H29N3O2S. The van der Waals surface area contributed by atoms with Crippen LogP contribution in [0, 0.1) is 0 Å². The Balaban J connectivity index is 1.95. The van der Waals surface area contributed by atoms with E-state index in [0.717, 1.165) is 16.1 Å². The molecule has 150 valence electrons. The Morgan fingerprint density at radius 1 is 1.07 bits per heavy atom. The number of likely N-dealkylation sites (N-methyl/N-ethyl adjacent to an activating group) is 2.